The van der Waals surface area contributed by atoms with E-state index >= 15 is 0 Å². The van der Waals surface area contributed by atoms with Crippen LogP contribution in [0.1, 0.15) is 35.8 Å². The molecule has 0 aliphatic heterocycles. The van der Waals surface area contributed by atoms with Crippen LogP contribution in [0, 0.1) is 0 Å². The number of aromatic nitrogens is 1. The van der Waals surface area contributed by atoms with Crippen LogP contribution in [0.4, 0.5) is 0 Å². The number of H-pyrrole nitrogens is 1. The summed E-state index contributed by atoms with van der Waals surface area (Å²) in [6.07, 6.45) is 0. The number of carbonyl (C=O) groups is 1. The van der Waals surface area contributed by atoms with Crippen molar-refractivity contribution in [3.8, 4) is 0 Å². The van der Waals surface area contributed by atoms with Crippen LogP contribution in [0.15, 0.2) is 15.3 Å². The Morgan fingerprint density at radius 1 is 1.57 bits per heavy atom. The minimum atomic E-state index is -1.11. The molecule has 0 saturated carbocycles. The van der Waals surface area contributed by atoms with Crippen LogP contribution in [0.25, 0.3) is 0 Å². The molecule has 14 heavy (non-hydrogen) atoms. The van der Waals surface area contributed by atoms with Crippen molar-refractivity contribution in [2.24, 2.45) is 0 Å². The molecule has 0 amide bonds. The predicted molar refractivity (Wildman–Crippen MR) is 55.8 cm³/mol. The third kappa shape index (κ3) is 2.04. The quantitative estimate of drug-likeness (QED) is 0.853. The van der Waals surface area contributed by atoms with Gasteiger partial charge in [0.25, 0.3) is 5.56 Å². The Hall–Kier alpha value is -1.10. The minimum Gasteiger partial charge on any atom is -0.478 e. The normalized spacial score (nSPS) is 10.6. The third-order valence-electron chi connectivity index (χ3n) is 1.85. The van der Waals surface area contributed by atoms with Crippen molar-refractivity contribution in [3.05, 3.63) is 32.2 Å². The molecule has 1 rings (SSSR count). The van der Waals surface area contributed by atoms with Gasteiger partial charge in [0.05, 0.1) is 10.0 Å². The van der Waals surface area contributed by atoms with E-state index in [9.17, 15) is 9.59 Å². The summed E-state index contributed by atoms with van der Waals surface area (Å²) in [4.78, 5) is 24.7. The fourth-order valence-electron chi connectivity index (χ4n) is 1.03. The van der Waals surface area contributed by atoms with E-state index in [0.717, 1.165) is 0 Å². The van der Waals surface area contributed by atoms with Crippen molar-refractivity contribution >= 4 is 21.9 Å². The largest absolute Gasteiger partial charge is 0.478 e. The zero-order valence-electron chi connectivity index (χ0n) is 7.80. The van der Waals surface area contributed by atoms with Crippen molar-refractivity contribution in [1.29, 1.82) is 0 Å². The summed E-state index contributed by atoms with van der Waals surface area (Å²) < 4.78 is 0.0643. The minimum absolute atomic E-state index is 0.00236. The second-order valence-corrected chi connectivity index (χ2v) is 4.03. The van der Waals surface area contributed by atoms with Gasteiger partial charge in [0, 0.05) is 5.69 Å². The molecule has 0 aliphatic rings. The summed E-state index contributed by atoms with van der Waals surface area (Å²) in [5.74, 6) is -1.02. The highest BCUT2D eigenvalue weighted by Gasteiger charge is 2.14. The van der Waals surface area contributed by atoms with Crippen LogP contribution < -0.4 is 5.56 Å². The predicted octanol–water partition coefficient (Wildman–Crippen LogP) is 1.96. The SMILES string of the molecule is CC(C)c1cc(C(=O)O)c(Br)c(=O)[nH]1. The van der Waals surface area contributed by atoms with Gasteiger partial charge in [-0.15, -0.1) is 0 Å². The van der Waals surface area contributed by atoms with E-state index in [1.807, 2.05) is 13.8 Å². The molecule has 0 aromatic carbocycles. The lowest BCUT2D eigenvalue weighted by molar-refractivity contribution is 0.0695. The van der Waals surface area contributed by atoms with Crippen molar-refractivity contribution in [2.75, 3.05) is 0 Å². The number of pyridine rings is 1. The zero-order chi connectivity index (χ0) is 10.9. The molecule has 0 atom stereocenters. The van der Waals surface area contributed by atoms with Crippen LogP contribution in [0.3, 0.4) is 0 Å². The molecule has 5 heteroatoms. The van der Waals surface area contributed by atoms with E-state index in [0.29, 0.717) is 5.69 Å². The van der Waals surface area contributed by atoms with Gasteiger partial charge >= 0.3 is 5.97 Å². The first-order valence-corrected chi connectivity index (χ1v) is 4.88. The van der Waals surface area contributed by atoms with Crippen LogP contribution in [0.5, 0.6) is 0 Å². The van der Waals surface area contributed by atoms with Gasteiger partial charge in [0.1, 0.15) is 0 Å². The molecule has 76 valence electrons. The Labute approximate surface area is 89.1 Å². The fraction of sp³-hybridized carbons (Fsp3) is 0.333. The molecule has 0 aliphatic carbocycles. The number of hydrogen-bond acceptors (Lipinski definition) is 2. The first-order valence-electron chi connectivity index (χ1n) is 4.09. The summed E-state index contributed by atoms with van der Waals surface area (Å²) in [5, 5.41) is 8.81. The van der Waals surface area contributed by atoms with Gasteiger partial charge in [-0.1, -0.05) is 13.8 Å². The van der Waals surface area contributed by atoms with Crippen molar-refractivity contribution in [2.45, 2.75) is 19.8 Å². The summed E-state index contributed by atoms with van der Waals surface area (Å²) in [6, 6.07) is 1.47. The van der Waals surface area contributed by atoms with Gasteiger partial charge in [-0.25, -0.2) is 4.79 Å². The summed E-state index contributed by atoms with van der Waals surface area (Å²) >= 11 is 2.94. The van der Waals surface area contributed by atoms with E-state index in [1.165, 1.54) is 6.07 Å². The number of carboxylic acid groups (broad SMARTS) is 1. The standard InChI is InChI=1S/C9H10BrNO3/c1-4(2)6-3-5(9(13)14)7(10)8(12)11-6/h3-4H,1-2H3,(H,11,12)(H,13,14). The lowest BCUT2D eigenvalue weighted by atomic mass is 10.1. The molecule has 0 spiro atoms. The zero-order valence-corrected chi connectivity index (χ0v) is 9.38. The monoisotopic (exact) mass is 259 g/mol. The first kappa shape index (κ1) is 11.0. The van der Waals surface area contributed by atoms with Crippen molar-refractivity contribution < 1.29 is 9.90 Å². The van der Waals surface area contributed by atoms with Gasteiger partial charge < -0.3 is 10.1 Å². The number of hydrogen-bond donors (Lipinski definition) is 2. The molecule has 0 fully saturated rings. The van der Waals surface area contributed by atoms with E-state index < -0.39 is 11.5 Å². The maximum atomic E-state index is 11.3. The average Bonchev–Trinajstić information content (AvgIpc) is 2.08. The number of nitrogens with one attached hydrogen (secondary N) is 1. The first-order chi connectivity index (χ1) is 6.43. The van der Waals surface area contributed by atoms with E-state index in [1.54, 1.807) is 0 Å². The molecule has 0 unspecified atom stereocenters. The molecule has 0 bridgehead atoms. The highest BCUT2D eigenvalue weighted by molar-refractivity contribution is 9.10. The van der Waals surface area contributed by atoms with Gasteiger partial charge in [0.15, 0.2) is 0 Å². The Balaban J connectivity index is 3.43. The molecule has 0 saturated heterocycles. The topological polar surface area (TPSA) is 70.2 Å². The van der Waals surface area contributed by atoms with Gasteiger partial charge in [-0.3, -0.25) is 4.79 Å². The summed E-state index contributed by atoms with van der Waals surface area (Å²) in [5.41, 5.74) is 0.210. The average molecular weight is 260 g/mol. The lowest BCUT2D eigenvalue weighted by Gasteiger charge is -2.06. The van der Waals surface area contributed by atoms with Gasteiger partial charge in [-0.2, -0.15) is 0 Å². The van der Waals surface area contributed by atoms with Crippen LogP contribution >= 0.6 is 15.9 Å². The number of rotatable bonds is 2. The second-order valence-electron chi connectivity index (χ2n) is 3.24. The molecule has 4 nitrogen and oxygen atoms in total. The number of aromatic carboxylic acids is 1. The van der Waals surface area contributed by atoms with Crippen LogP contribution in [-0.2, 0) is 0 Å². The maximum Gasteiger partial charge on any atom is 0.337 e. The van der Waals surface area contributed by atoms with Crippen molar-refractivity contribution in [3.63, 3.8) is 0 Å². The number of carboxylic acids is 1. The van der Waals surface area contributed by atoms with E-state index in [2.05, 4.69) is 20.9 Å². The van der Waals surface area contributed by atoms with E-state index in [-0.39, 0.29) is 16.0 Å². The Bertz CT molecular complexity index is 423. The molecule has 1 aromatic rings. The summed E-state index contributed by atoms with van der Waals surface area (Å²) in [7, 11) is 0. The highest BCUT2D eigenvalue weighted by atomic mass is 79.9. The van der Waals surface area contributed by atoms with Gasteiger partial charge in [0.2, 0.25) is 0 Å². The van der Waals surface area contributed by atoms with E-state index in [4.69, 9.17) is 5.11 Å². The van der Waals surface area contributed by atoms with Crippen molar-refractivity contribution in [1.82, 2.24) is 4.98 Å². The third-order valence-corrected chi connectivity index (χ3v) is 2.63. The molecule has 2 N–H and O–H groups in total. The van der Waals surface area contributed by atoms with Crippen LogP contribution in [0.2, 0.25) is 0 Å². The second kappa shape index (κ2) is 3.96. The van der Waals surface area contributed by atoms with Gasteiger partial charge in [-0.05, 0) is 27.9 Å². The molecule has 0 radical (unpaired) electrons. The fourth-order valence-corrected chi connectivity index (χ4v) is 1.41. The highest BCUT2D eigenvalue weighted by Crippen LogP contribution is 2.16. The lowest BCUT2D eigenvalue weighted by Crippen LogP contribution is -2.15. The Morgan fingerprint density at radius 3 is 2.57 bits per heavy atom. The smallest absolute Gasteiger partial charge is 0.337 e. The number of halogens is 1. The molecule has 1 aromatic heterocycles. The van der Waals surface area contributed by atoms with Crippen LogP contribution in [-0.4, -0.2) is 16.1 Å². The molecular weight excluding hydrogens is 250 g/mol. The molecular formula is C9H10BrNO3. The Morgan fingerprint density at radius 2 is 2.14 bits per heavy atom. The maximum absolute atomic E-state index is 11.3. The Kier molecular flexibility index (Phi) is 3.10. The summed E-state index contributed by atoms with van der Waals surface area (Å²) in [6.45, 7) is 3.76. The number of aromatic amines is 1. The molecule has 1 heterocycles.